The normalized spacial score (nSPS) is 30.4. The van der Waals surface area contributed by atoms with E-state index in [2.05, 4.69) is 10.6 Å². The Morgan fingerprint density at radius 2 is 1.81 bits per heavy atom. The fourth-order valence-electron chi connectivity index (χ4n) is 6.40. The van der Waals surface area contributed by atoms with Crippen LogP contribution in [0.25, 0.3) is 0 Å². The second-order valence-corrected chi connectivity index (χ2v) is 10.2. The zero-order valence-electron chi connectivity index (χ0n) is 20.1. The van der Waals surface area contributed by atoms with Gasteiger partial charge in [0, 0.05) is 18.8 Å². The quantitative estimate of drug-likeness (QED) is 0.503. The van der Waals surface area contributed by atoms with E-state index in [9.17, 15) is 19.5 Å². The van der Waals surface area contributed by atoms with Gasteiger partial charge in [-0.05, 0) is 49.9 Å². The number of anilines is 2. The van der Waals surface area contributed by atoms with Crippen molar-refractivity contribution in [2.45, 2.75) is 49.9 Å². The van der Waals surface area contributed by atoms with Gasteiger partial charge < -0.3 is 25.4 Å². The van der Waals surface area contributed by atoms with Crippen molar-refractivity contribution in [3.05, 3.63) is 59.6 Å². The van der Waals surface area contributed by atoms with Crippen molar-refractivity contribution in [1.29, 1.82) is 0 Å². The largest absolute Gasteiger partial charge is 0.396 e. The topological polar surface area (TPSA) is 108 Å². The van der Waals surface area contributed by atoms with Crippen LogP contribution in [0.2, 0.25) is 5.02 Å². The SMILES string of the molecule is CC[C@]12CCC3(O1)C(C(=O)Nc1ccccc1Cl)N(CCCO)C(=O)[C@@H]3[C@H]2C(=O)Nc1ccccc1. The lowest BCUT2D eigenvalue weighted by atomic mass is 9.65. The maximum atomic E-state index is 13.9. The third-order valence-corrected chi connectivity index (χ3v) is 8.27. The van der Waals surface area contributed by atoms with Crippen LogP contribution >= 0.6 is 11.6 Å². The van der Waals surface area contributed by atoms with E-state index in [4.69, 9.17) is 16.3 Å². The molecule has 5 atom stereocenters. The highest BCUT2D eigenvalue weighted by Gasteiger charge is 2.78. The number of likely N-dealkylation sites (tertiary alicyclic amines) is 1. The minimum absolute atomic E-state index is 0.127. The fraction of sp³-hybridized carbons (Fsp3) is 0.444. The molecule has 9 heteroatoms. The first-order valence-corrected chi connectivity index (χ1v) is 12.8. The highest BCUT2D eigenvalue weighted by atomic mass is 35.5. The lowest BCUT2D eigenvalue weighted by Crippen LogP contribution is -2.53. The summed E-state index contributed by atoms with van der Waals surface area (Å²) in [6, 6.07) is 15.1. The number of nitrogens with zero attached hydrogens (tertiary/aromatic N) is 1. The first-order valence-electron chi connectivity index (χ1n) is 12.4. The van der Waals surface area contributed by atoms with Crippen LogP contribution in [0.5, 0.6) is 0 Å². The zero-order chi connectivity index (χ0) is 25.5. The van der Waals surface area contributed by atoms with E-state index < -0.39 is 35.0 Å². The Morgan fingerprint density at radius 1 is 1.08 bits per heavy atom. The van der Waals surface area contributed by atoms with Gasteiger partial charge in [0.15, 0.2) is 0 Å². The van der Waals surface area contributed by atoms with Gasteiger partial charge in [-0.15, -0.1) is 0 Å². The summed E-state index contributed by atoms with van der Waals surface area (Å²) in [4.78, 5) is 42.8. The number of hydrogen-bond donors (Lipinski definition) is 3. The summed E-state index contributed by atoms with van der Waals surface area (Å²) < 4.78 is 6.69. The molecule has 1 spiro atoms. The maximum Gasteiger partial charge on any atom is 0.250 e. The van der Waals surface area contributed by atoms with Crippen LogP contribution in [0.4, 0.5) is 11.4 Å². The number of amides is 3. The molecule has 3 aliphatic rings. The number of para-hydroxylation sites is 2. The molecule has 190 valence electrons. The highest BCUT2D eigenvalue weighted by Crippen LogP contribution is 2.64. The van der Waals surface area contributed by atoms with Crippen molar-refractivity contribution in [1.82, 2.24) is 4.90 Å². The summed E-state index contributed by atoms with van der Waals surface area (Å²) in [5.41, 5.74) is -0.881. The second-order valence-electron chi connectivity index (χ2n) is 9.77. The molecular weight excluding hydrogens is 482 g/mol. The van der Waals surface area contributed by atoms with E-state index in [1.807, 2.05) is 25.1 Å². The molecule has 3 saturated heterocycles. The predicted octanol–water partition coefficient (Wildman–Crippen LogP) is 3.45. The zero-order valence-corrected chi connectivity index (χ0v) is 20.8. The van der Waals surface area contributed by atoms with Gasteiger partial charge in [-0.25, -0.2) is 0 Å². The molecule has 3 N–H and O–H groups in total. The molecule has 5 rings (SSSR count). The smallest absolute Gasteiger partial charge is 0.250 e. The van der Waals surface area contributed by atoms with E-state index >= 15 is 0 Å². The summed E-state index contributed by atoms with van der Waals surface area (Å²) in [7, 11) is 0. The Hall–Kier alpha value is -2.94. The van der Waals surface area contributed by atoms with Crippen LogP contribution in [-0.4, -0.2) is 58.1 Å². The van der Waals surface area contributed by atoms with Gasteiger partial charge in [-0.1, -0.05) is 48.9 Å². The molecule has 8 nitrogen and oxygen atoms in total. The molecular formula is C27H30ClN3O5. The molecule has 3 fully saturated rings. The number of aliphatic hydroxyl groups is 1. The molecule has 3 heterocycles. The van der Waals surface area contributed by atoms with Gasteiger partial charge in [0.05, 0.1) is 28.1 Å². The van der Waals surface area contributed by atoms with Crippen LogP contribution < -0.4 is 10.6 Å². The predicted molar refractivity (Wildman–Crippen MR) is 135 cm³/mol. The van der Waals surface area contributed by atoms with Crippen molar-refractivity contribution in [2.24, 2.45) is 11.8 Å². The fourth-order valence-corrected chi connectivity index (χ4v) is 6.59. The Labute approximate surface area is 215 Å². The summed E-state index contributed by atoms with van der Waals surface area (Å²) in [5, 5.41) is 15.7. The number of rotatable bonds is 8. The molecule has 3 aliphatic heterocycles. The monoisotopic (exact) mass is 511 g/mol. The molecule has 0 radical (unpaired) electrons. The van der Waals surface area contributed by atoms with Gasteiger partial charge in [0.25, 0.3) is 0 Å². The lowest BCUT2D eigenvalue weighted by molar-refractivity contribution is -0.144. The second kappa shape index (κ2) is 9.50. The summed E-state index contributed by atoms with van der Waals surface area (Å²) in [6.45, 7) is 2.01. The van der Waals surface area contributed by atoms with E-state index in [0.29, 0.717) is 42.1 Å². The van der Waals surface area contributed by atoms with Crippen molar-refractivity contribution in [2.75, 3.05) is 23.8 Å². The number of carbonyl (C=O) groups is 3. The van der Waals surface area contributed by atoms with Crippen LogP contribution in [0, 0.1) is 11.8 Å². The Balaban J connectivity index is 1.52. The molecule has 36 heavy (non-hydrogen) atoms. The number of halogens is 1. The number of carbonyl (C=O) groups excluding carboxylic acids is 3. The molecule has 2 unspecified atom stereocenters. The number of ether oxygens (including phenoxy) is 1. The summed E-state index contributed by atoms with van der Waals surface area (Å²) in [5.74, 6) is -2.51. The van der Waals surface area contributed by atoms with Crippen molar-refractivity contribution in [3.8, 4) is 0 Å². The minimum Gasteiger partial charge on any atom is -0.396 e. The van der Waals surface area contributed by atoms with Crippen LogP contribution in [0.1, 0.15) is 32.6 Å². The Morgan fingerprint density at radius 3 is 2.50 bits per heavy atom. The standard InChI is InChI=1S/C27H30ClN3O5/c1-2-26-13-14-27(36-26)21(20(26)23(33)29-17-9-4-3-5-10-17)25(35)31(15-8-16-32)22(27)24(34)30-19-12-7-6-11-18(19)28/h3-7,9-12,20-22,32H,2,8,13-16H2,1H3,(H,29,33)(H,30,34)/t20-,21-,22?,26+,27?/m0/s1. The van der Waals surface area contributed by atoms with Gasteiger partial charge in [-0.2, -0.15) is 0 Å². The number of benzene rings is 2. The highest BCUT2D eigenvalue weighted by molar-refractivity contribution is 6.33. The maximum absolute atomic E-state index is 13.9. The van der Waals surface area contributed by atoms with Gasteiger partial charge in [0.1, 0.15) is 11.6 Å². The van der Waals surface area contributed by atoms with Gasteiger partial charge in [0.2, 0.25) is 17.7 Å². The third kappa shape index (κ3) is 3.79. The minimum atomic E-state index is -1.13. The third-order valence-electron chi connectivity index (χ3n) is 7.94. The molecule has 2 aromatic carbocycles. The van der Waals surface area contributed by atoms with Crippen LogP contribution in [0.3, 0.4) is 0 Å². The molecule has 2 bridgehead atoms. The number of hydrogen-bond acceptors (Lipinski definition) is 5. The average molecular weight is 512 g/mol. The molecule has 2 aromatic rings. The molecule has 0 saturated carbocycles. The van der Waals surface area contributed by atoms with Crippen molar-refractivity contribution >= 4 is 40.7 Å². The van der Waals surface area contributed by atoms with E-state index in [1.54, 1.807) is 36.4 Å². The molecule has 0 aliphatic carbocycles. The van der Waals surface area contributed by atoms with Gasteiger partial charge in [-0.3, -0.25) is 14.4 Å². The molecule has 3 amide bonds. The first-order chi connectivity index (χ1) is 17.4. The van der Waals surface area contributed by atoms with E-state index in [1.165, 1.54) is 4.90 Å². The first kappa shape index (κ1) is 24.7. The number of aliphatic hydroxyl groups excluding tert-OH is 1. The van der Waals surface area contributed by atoms with Crippen LogP contribution in [0.15, 0.2) is 54.6 Å². The van der Waals surface area contributed by atoms with Gasteiger partial charge >= 0.3 is 0 Å². The van der Waals surface area contributed by atoms with E-state index in [0.717, 1.165) is 0 Å². The van der Waals surface area contributed by atoms with E-state index in [-0.39, 0.29) is 25.0 Å². The summed E-state index contributed by atoms with van der Waals surface area (Å²) >= 11 is 6.29. The number of fused-ring (bicyclic) bond motifs is 1. The Bertz CT molecular complexity index is 1180. The van der Waals surface area contributed by atoms with Crippen molar-refractivity contribution in [3.63, 3.8) is 0 Å². The van der Waals surface area contributed by atoms with Crippen LogP contribution in [-0.2, 0) is 19.1 Å². The molecule has 0 aromatic heterocycles. The van der Waals surface area contributed by atoms with Crippen molar-refractivity contribution < 1.29 is 24.2 Å². The summed E-state index contributed by atoms with van der Waals surface area (Å²) in [6.07, 6.45) is 1.91. The average Bonchev–Trinajstić information content (AvgIpc) is 3.48. The Kier molecular flexibility index (Phi) is 6.53. The lowest BCUT2D eigenvalue weighted by Gasteiger charge is -2.34. The number of nitrogens with one attached hydrogen (secondary N) is 2.